The van der Waals surface area contributed by atoms with Crippen molar-refractivity contribution in [3.8, 4) is 0 Å². The van der Waals surface area contributed by atoms with Gasteiger partial charge < -0.3 is 0 Å². The molecule has 224 valence electrons. The van der Waals surface area contributed by atoms with Crippen LogP contribution in [-0.2, 0) is 4.57 Å². The first-order valence-electron chi connectivity index (χ1n) is 15.8. The second-order valence-corrected chi connectivity index (χ2v) is 18.6. The molecule has 46 heavy (non-hydrogen) atoms. The molecule has 0 aromatic heterocycles. The predicted molar refractivity (Wildman–Crippen MR) is 202 cm³/mol. The van der Waals surface area contributed by atoms with E-state index in [9.17, 15) is 4.89 Å². The third-order valence-electron chi connectivity index (χ3n) is 9.54. The Morgan fingerprint density at radius 1 is 0.413 bits per heavy atom. The van der Waals surface area contributed by atoms with E-state index in [-0.39, 0.29) is 0 Å². The molecular formula is C42H34O2P2. The molecule has 0 saturated heterocycles. The molecule has 2 nitrogen and oxygen atoms in total. The van der Waals surface area contributed by atoms with Crippen LogP contribution < -0.4 is 21.2 Å². The molecule has 0 aliphatic heterocycles. The van der Waals surface area contributed by atoms with Crippen molar-refractivity contribution in [3.63, 3.8) is 0 Å². The van der Waals surface area contributed by atoms with Crippen molar-refractivity contribution >= 4 is 78.9 Å². The van der Waals surface area contributed by atoms with Gasteiger partial charge in [-0.3, -0.25) is 0 Å². The molecule has 0 atom stereocenters. The van der Waals surface area contributed by atoms with Crippen molar-refractivity contribution in [2.75, 3.05) is 12.3 Å². The van der Waals surface area contributed by atoms with Gasteiger partial charge in [0.05, 0.1) is 0 Å². The van der Waals surface area contributed by atoms with Gasteiger partial charge in [-0.1, -0.05) is 0 Å². The number of hydrogen-bond acceptors (Lipinski definition) is 2. The molecule has 0 spiro atoms. The minimum absolute atomic E-state index is 0.353. The van der Waals surface area contributed by atoms with E-state index in [1.165, 1.54) is 0 Å². The molecule has 0 heterocycles. The maximum absolute atomic E-state index is 15.7. The zero-order chi connectivity index (χ0) is 31.1. The molecule has 4 heteroatoms. The molecule has 0 bridgehead atoms. The second kappa shape index (κ2) is 11.7. The fourth-order valence-electron chi connectivity index (χ4n) is 6.88. The van der Waals surface area contributed by atoms with E-state index in [0.29, 0.717) is 12.3 Å². The van der Waals surface area contributed by atoms with E-state index in [0.717, 1.165) is 64.3 Å². The first-order chi connectivity index (χ1) is 22.5. The monoisotopic (exact) mass is 632 g/mol. The van der Waals surface area contributed by atoms with Crippen LogP contribution in [0.5, 0.6) is 0 Å². The van der Waals surface area contributed by atoms with Crippen molar-refractivity contribution in [1.29, 1.82) is 0 Å². The van der Waals surface area contributed by atoms with Crippen LogP contribution in [0.15, 0.2) is 170 Å². The summed E-state index contributed by atoms with van der Waals surface area (Å²) >= 11 is 0. The van der Waals surface area contributed by atoms with Crippen molar-refractivity contribution < 1.29 is 9.46 Å². The van der Waals surface area contributed by atoms with Gasteiger partial charge in [-0.15, -0.1) is 0 Å². The van der Waals surface area contributed by atoms with Crippen LogP contribution in [0.4, 0.5) is 0 Å². The van der Waals surface area contributed by atoms with Gasteiger partial charge >= 0.3 is 271 Å². The van der Waals surface area contributed by atoms with Crippen LogP contribution in [0.2, 0.25) is 0 Å². The van der Waals surface area contributed by atoms with E-state index >= 15 is 4.57 Å². The zero-order valence-corrected chi connectivity index (χ0v) is 27.3. The standard InChI is InChI=1S/C42H34O2P2/c43-45(39-21-17-31-9-1-5-13-35(31)27-39,40-22-18-32-10-2-6-14-36(32)28-40)25-26-46(44,41-23-19-33-11-3-7-15-37(33)29-41)42-24-20-34-12-4-8-16-38(34)30-42/h1-24,27-30,43,45H,25-26H2. The fraction of sp³-hybridized carbons (Fsp3) is 0.0476. The van der Waals surface area contributed by atoms with E-state index in [2.05, 4.69) is 109 Å². The molecule has 8 aromatic rings. The molecular weight excluding hydrogens is 598 g/mol. The zero-order valence-electron chi connectivity index (χ0n) is 25.4. The maximum atomic E-state index is 15.7. The number of rotatable bonds is 7. The molecule has 0 unspecified atom stereocenters. The summed E-state index contributed by atoms with van der Waals surface area (Å²) in [4.78, 5) is 13.1. The first kappa shape index (κ1) is 28.9. The Morgan fingerprint density at radius 2 is 0.739 bits per heavy atom. The Hall–Kier alpha value is -4.58. The van der Waals surface area contributed by atoms with Crippen LogP contribution in [0.1, 0.15) is 0 Å². The minimum atomic E-state index is -3.39. The van der Waals surface area contributed by atoms with Crippen molar-refractivity contribution in [1.82, 2.24) is 0 Å². The molecule has 8 rings (SSSR count). The summed E-state index contributed by atoms with van der Waals surface area (Å²) in [6, 6.07) is 58.1. The SMILES string of the molecule is O=P(CC[PH](O)(c1ccc2ccccc2c1)c1ccc2ccccc2c1)(c1ccc2ccccc2c1)c1ccc2ccccc2c1. The fourth-order valence-corrected chi connectivity index (χ4v) is 14.0. The van der Waals surface area contributed by atoms with Crippen molar-refractivity contribution in [3.05, 3.63) is 170 Å². The van der Waals surface area contributed by atoms with Gasteiger partial charge in [0.1, 0.15) is 0 Å². The molecule has 0 fully saturated rings. The Bertz CT molecular complexity index is 2290. The van der Waals surface area contributed by atoms with Crippen LogP contribution >= 0.6 is 14.6 Å². The average molecular weight is 633 g/mol. The van der Waals surface area contributed by atoms with Gasteiger partial charge in [0.2, 0.25) is 0 Å². The van der Waals surface area contributed by atoms with E-state index in [1.54, 1.807) is 0 Å². The Balaban J connectivity index is 1.30. The van der Waals surface area contributed by atoms with Crippen LogP contribution in [-0.4, -0.2) is 17.2 Å². The summed E-state index contributed by atoms with van der Waals surface area (Å²) in [6.45, 7) is 0. The summed E-state index contributed by atoms with van der Waals surface area (Å²) in [5, 5.41) is 12.4. The molecule has 0 aliphatic rings. The molecule has 0 saturated carbocycles. The Kier molecular flexibility index (Phi) is 7.31. The van der Waals surface area contributed by atoms with Crippen LogP contribution in [0.25, 0.3) is 43.1 Å². The normalized spacial score (nSPS) is 12.6. The quantitative estimate of drug-likeness (QED) is 0.178. The Morgan fingerprint density at radius 3 is 1.13 bits per heavy atom. The van der Waals surface area contributed by atoms with E-state index in [4.69, 9.17) is 0 Å². The number of hydrogen-bond donors (Lipinski definition) is 1. The predicted octanol–water partition coefficient (Wildman–Crippen LogP) is 8.92. The molecule has 0 amide bonds. The summed E-state index contributed by atoms with van der Waals surface area (Å²) in [5.41, 5.74) is 0. The molecule has 1 N–H and O–H groups in total. The van der Waals surface area contributed by atoms with Crippen LogP contribution in [0.3, 0.4) is 0 Å². The van der Waals surface area contributed by atoms with Crippen LogP contribution in [0, 0.1) is 0 Å². The Labute approximate surface area is 269 Å². The summed E-state index contributed by atoms with van der Waals surface area (Å²) in [7, 11) is -6.58. The molecule has 0 aliphatic carbocycles. The summed E-state index contributed by atoms with van der Waals surface area (Å²) in [6.07, 6.45) is 0.771. The summed E-state index contributed by atoms with van der Waals surface area (Å²) in [5.74, 6) is 0. The molecule has 0 radical (unpaired) electrons. The third-order valence-corrected chi connectivity index (χ3v) is 16.5. The van der Waals surface area contributed by atoms with Gasteiger partial charge in [0, 0.05) is 0 Å². The van der Waals surface area contributed by atoms with Gasteiger partial charge in [-0.05, 0) is 0 Å². The second-order valence-electron chi connectivity index (χ2n) is 12.3. The van der Waals surface area contributed by atoms with Gasteiger partial charge in [-0.2, -0.15) is 0 Å². The van der Waals surface area contributed by atoms with Gasteiger partial charge in [0.15, 0.2) is 0 Å². The topological polar surface area (TPSA) is 37.3 Å². The molecule has 8 aromatic carbocycles. The average Bonchev–Trinajstić information content (AvgIpc) is 3.12. The van der Waals surface area contributed by atoms with E-state index < -0.39 is 14.6 Å². The first-order valence-corrected chi connectivity index (χ1v) is 19.8. The van der Waals surface area contributed by atoms with Gasteiger partial charge in [0.25, 0.3) is 0 Å². The van der Waals surface area contributed by atoms with Crippen molar-refractivity contribution in [2.45, 2.75) is 0 Å². The van der Waals surface area contributed by atoms with Crippen molar-refractivity contribution in [2.24, 2.45) is 0 Å². The van der Waals surface area contributed by atoms with Gasteiger partial charge in [-0.25, -0.2) is 0 Å². The number of benzene rings is 8. The van der Waals surface area contributed by atoms with E-state index in [1.807, 2.05) is 60.7 Å². The number of fused-ring (bicyclic) bond motifs is 4. The summed E-state index contributed by atoms with van der Waals surface area (Å²) < 4.78 is 15.7. The third kappa shape index (κ3) is 5.14.